The van der Waals surface area contributed by atoms with E-state index in [-0.39, 0.29) is 17.9 Å². The van der Waals surface area contributed by atoms with E-state index in [9.17, 15) is 9.59 Å². The van der Waals surface area contributed by atoms with Gasteiger partial charge in [0.25, 0.3) is 5.91 Å². The van der Waals surface area contributed by atoms with Crippen LogP contribution < -0.4 is 21.3 Å². The van der Waals surface area contributed by atoms with Crippen molar-refractivity contribution in [3.05, 3.63) is 106 Å². The van der Waals surface area contributed by atoms with Crippen molar-refractivity contribution >= 4 is 45.9 Å². The number of rotatable bonds is 6. The van der Waals surface area contributed by atoms with Gasteiger partial charge in [-0.2, -0.15) is 0 Å². The number of carbonyl (C=O) groups is 2. The van der Waals surface area contributed by atoms with Crippen molar-refractivity contribution in [1.29, 1.82) is 0 Å². The third-order valence-corrected chi connectivity index (χ3v) is 6.80. The topological polar surface area (TPSA) is 87.5 Å². The Hall–Kier alpha value is -4.10. The lowest BCUT2D eigenvalue weighted by atomic mass is 10.0. The van der Waals surface area contributed by atoms with Gasteiger partial charge < -0.3 is 21.3 Å². The number of fused-ring (bicyclic) bond motifs is 1. The van der Waals surface area contributed by atoms with Crippen LogP contribution in [-0.2, 0) is 17.8 Å². The molecule has 0 saturated heterocycles. The van der Waals surface area contributed by atoms with E-state index in [2.05, 4.69) is 21.6 Å². The minimum Gasteiger partial charge on any atom is -0.397 e. The molecule has 0 saturated carbocycles. The molecular weight excluding hydrogens is 444 g/mol. The molecule has 7 heteroatoms. The molecule has 3 aromatic carbocycles. The first kappa shape index (κ1) is 21.7. The second-order valence-electron chi connectivity index (χ2n) is 8.17. The summed E-state index contributed by atoms with van der Waals surface area (Å²) in [5.41, 5.74) is 10.4. The summed E-state index contributed by atoms with van der Waals surface area (Å²) >= 11 is 1.66. The first-order chi connectivity index (χ1) is 16.6. The molecule has 2 heterocycles. The van der Waals surface area contributed by atoms with Gasteiger partial charge in [0.05, 0.1) is 22.7 Å². The number of nitrogens with one attached hydrogen (secondary N) is 2. The van der Waals surface area contributed by atoms with Crippen molar-refractivity contribution in [1.82, 2.24) is 0 Å². The van der Waals surface area contributed by atoms with Gasteiger partial charge in [-0.3, -0.25) is 9.59 Å². The van der Waals surface area contributed by atoms with Gasteiger partial charge in [0, 0.05) is 23.4 Å². The number of hydrogen-bond acceptors (Lipinski definition) is 5. The Morgan fingerprint density at radius 3 is 2.50 bits per heavy atom. The molecule has 2 amide bonds. The lowest BCUT2D eigenvalue weighted by Crippen LogP contribution is -2.48. The second kappa shape index (κ2) is 9.41. The van der Waals surface area contributed by atoms with Crippen LogP contribution in [-0.4, -0.2) is 17.9 Å². The molecule has 0 bridgehead atoms. The standard InChI is InChI=1S/C27H24N4O2S/c28-21-7-1-2-8-22(21)29-26(32)19-13-11-18(12-14-19)17-31-24-10-4-3-9-23(24)30-27(33)25(31)16-20-6-5-15-34-20/h1-15,25H,16-17,28H2,(H,29,32)(H,30,33). The van der Waals surface area contributed by atoms with Crippen LogP contribution in [0.3, 0.4) is 0 Å². The molecule has 4 N–H and O–H groups in total. The van der Waals surface area contributed by atoms with Gasteiger partial charge in [-0.05, 0) is 53.4 Å². The second-order valence-corrected chi connectivity index (χ2v) is 9.20. The van der Waals surface area contributed by atoms with Crippen molar-refractivity contribution in [3.63, 3.8) is 0 Å². The molecule has 0 radical (unpaired) electrons. The Balaban J connectivity index is 1.37. The van der Waals surface area contributed by atoms with Gasteiger partial charge in [0.2, 0.25) is 5.91 Å². The molecule has 1 aromatic heterocycles. The lowest BCUT2D eigenvalue weighted by molar-refractivity contribution is -0.117. The fraction of sp³-hybridized carbons (Fsp3) is 0.111. The summed E-state index contributed by atoms with van der Waals surface area (Å²) in [5, 5.41) is 7.93. The van der Waals surface area contributed by atoms with Crippen molar-refractivity contribution in [2.24, 2.45) is 0 Å². The number of nitrogens with two attached hydrogens (primary N) is 1. The Labute approximate surface area is 202 Å². The summed E-state index contributed by atoms with van der Waals surface area (Å²) in [6.07, 6.45) is 0.636. The van der Waals surface area contributed by atoms with Gasteiger partial charge in [-0.15, -0.1) is 11.3 Å². The van der Waals surface area contributed by atoms with E-state index in [1.807, 2.05) is 60.0 Å². The molecule has 6 nitrogen and oxygen atoms in total. The molecule has 0 fully saturated rings. The quantitative estimate of drug-likeness (QED) is 0.342. The Kier molecular flexibility index (Phi) is 6.01. The number of nitrogen functional groups attached to an aromatic ring is 1. The summed E-state index contributed by atoms with van der Waals surface area (Å²) in [6.45, 7) is 0.550. The number of nitrogens with zero attached hydrogens (tertiary/aromatic N) is 1. The lowest BCUT2D eigenvalue weighted by Gasteiger charge is -2.38. The zero-order valence-electron chi connectivity index (χ0n) is 18.4. The molecule has 5 rings (SSSR count). The predicted octanol–water partition coefficient (Wildman–Crippen LogP) is 5.15. The average Bonchev–Trinajstić information content (AvgIpc) is 3.36. The Morgan fingerprint density at radius 2 is 1.74 bits per heavy atom. The van der Waals surface area contributed by atoms with Crippen LogP contribution in [0.15, 0.2) is 90.3 Å². The minimum atomic E-state index is -0.322. The summed E-state index contributed by atoms with van der Waals surface area (Å²) in [7, 11) is 0. The van der Waals surface area contributed by atoms with Crippen LogP contribution in [0.5, 0.6) is 0 Å². The number of anilines is 4. The zero-order chi connectivity index (χ0) is 23.5. The number of para-hydroxylation sites is 4. The summed E-state index contributed by atoms with van der Waals surface area (Å²) in [6, 6.07) is 26.2. The van der Waals surface area contributed by atoms with E-state index in [4.69, 9.17) is 5.73 Å². The van der Waals surface area contributed by atoms with E-state index in [0.29, 0.717) is 29.9 Å². The first-order valence-corrected chi connectivity index (χ1v) is 11.9. The summed E-state index contributed by atoms with van der Waals surface area (Å²) < 4.78 is 0. The highest BCUT2D eigenvalue weighted by molar-refractivity contribution is 7.09. The summed E-state index contributed by atoms with van der Waals surface area (Å²) in [5.74, 6) is -0.230. The molecule has 0 aliphatic carbocycles. The van der Waals surface area contributed by atoms with Gasteiger partial charge in [-0.25, -0.2) is 0 Å². The SMILES string of the molecule is Nc1ccccc1NC(=O)c1ccc(CN2c3ccccc3NC(=O)C2Cc2cccs2)cc1. The third kappa shape index (κ3) is 4.51. The number of thiophene rings is 1. The average molecular weight is 469 g/mol. The van der Waals surface area contributed by atoms with E-state index in [1.165, 1.54) is 0 Å². The molecule has 1 aliphatic heterocycles. The van der Waals surface area contributed by atoms with Gasteiger partial charge in [0.1, 0.15) is 6.04 Å². The van der Waals surface area contributed by atoms with Crippen LogP contribution in [0.2, 0.25) is 0 Å². The molecule has 1 unspecified atom stereocenters. The molecule has 1 atom stereocenters. The smallest absolute Gasteiger partial charge is 0.255 e. The number of amides is 2. The molecular formula is C27H24N4O2S. The number of carbonyl (C=O) groups excluding carboxylic acids is 2. The molecule has 34 heavy (non-hydrogen) atoms. The maximum Gasteiger partial charge on any atom is 0.255 e. The van der Waals surface area contributed by atoms with E-state index < -0.39 is 0 Å². The van der Waals surface area contributed by atoms with Crippen molar-refractivity contribution < 1.29 is 9.59 Å². The van der Waals surface area contributed by atoms with Gasteiger partial charge in [0.15, 0.2) is 0 Å². The van der Waals surface area contributed by atoms with Crippen molar-refractivity contribution in [2.45, 2.75) is 19.0 Å². The largest absolute Gasteiger partial charge is 0.397 e. The normalized spacial score (nSPS) is 14.9. The summed E-state index contributed by atoms with van der Waals surface area (Å²) in [4.78, 5) is 29.0. The molecule has 0 spiro atoms. The van der Waals surface area contributed by atoms with Crippen LogP contribution in [0, 0.1) is 0 Å². The molecule has 4 aromatic rings. The maximum absolute atomic E-state index is 13.0. The zero-order valence-corrected chi connectivity index (χ0v) is 19.2. The highest BCUT2D eigenvalue weighted by atomic mass is 32.1. The fourth-order valence-electron chi connectivity index (χ4n) is 4.14. The maximum atomic E-state index is 13.0. The third-order valence-electron chi connectivity index (χ3n) is 5.90. The van der Waals surface area contributed by atoms with Crippen LogP contribution >= 0.6 is 11.3 Å². The monoisotopic (exact) mass is 468 g/mol. The van der Waals surface area contributed by atoms with Gasteiger partial charge >= 0.3 is 0 Å². The van der Waals surface area contributed by atoms with Crippen LogP contribution in [0.1, 0.15) is 20.8 Å². The number of hydrogen-bond donors (Lipinski definition) is 3. The first-order valence-electron chi connectivity index (χ1n) is 11.0. The van der Waals surface area contributed by atoms with E-state index in [1.54, 1.807) is 35.6 Å². The van der Waals surface area contributed by atoms with Crippen molar-refractivity contribution in [3.8, 4) is 0 Å². The molecule has 170 valence electrons. The van der Waals surface area contributed by atoms with Gasteiger partial charge in [-0.1, -0.05) is 42.5 Å². The Bertz CT molecular complexity index is 1320. The predicted molar refractivity (Wildman–Crippen MR) is 138 cm³/mol. The van der Waals surface area contributed by atoms with Crippen LogP contribution in [0.4, 0.5) is 22.7 Å². The number of benzene rings is 3. The molecule has 1 aliphatic rings. The fourth-order valence-corrected chi connectivity index (χ4v) is 4.88. The highest BCUT2D eigenvalue weighted by Crippen LogP contribution is 2.34. The Morgan fingerprint density at radius 1 is 0.971 bits per heavy atom. The van der Waals surface area contributed by atoms with E-state index in [0.717, 1.165) is 21.8 Å². The highest BCUT2D eigenvalue weighted by Gasteiger charge is 2.33. The van der Waals surface area contributed by atoms with E-state index >= 15 is 0 Å². The van der Waals surface area contributed by atoms with Crippen molar-refractivity contribution in [2.75, 3.05) is 21.3 Å². The minimum absolute atomic E-state index is 0.0106. The van der Waals surface area contributed by atoms with Crippen LogP contribution in [0.25, 0.3) is 0 Å².